The minimum absolute atomic E-state index is 0.0390. The van der Waals surface area contributed by atoms with Gasteiger partial charge in [-0.05, 0) is 48.7 Å². The van der Waals surface area contributed by atoms with Crippen LogP contribution in [0.2, 0.25) is 0 Å². The Hall–Kier alpha value is -1.46. The SMILES string of the molecule is CCC(C)C(N)C(=O)NC(CCSC)C(=O)NC(CCSC)C(=O)NC(C(=O)O)C(C)CC. The van der Waals surface area contributed by atoms with Crippen molar-refractivity contribution in [2.24, 2.45) is 17.6 Å². The third-order valence-electron chi connectivity index (χ3n) is 5.82. The van der Waals surface area contributed by atoms with Crippen molar-refractivity contribution in [1.29, 1.82) is 0 Å². The summed E-state index contributed by atoms with van der Waals surface area (Å²) in [5.41, 5.74) is 6.02. The molecule has 0 aromatic heterocycles. The molecular weight excluding hydrogens is 464 g/mol. The topological polar surface area (TPSA) is 151 Å². The fourth-order valence-corrected chi connectivity index (χ4v) is 3.94. The van der Waals surface area contributed by atoms with Gasteiger partial charge in [-0.25, -0.2) is 4.79 Å². The summed E-state index contributed by atoms with van der Waals surface area (Å²) in [5.74, 6) is -1.62. The Morgan fingerprint density at radius 3 is 1.61 bits per heavy atom. The van der Waals surface area contributed by atoms with Crippen molar-refractivity contribution in [3.8, 4) is 0 Å². The number of carbonyl (C=O) groups excluding carboxylic acids is 3. The summed E-state index contributed by atoms with van der Waals surface area (Å²) in [4.78, 5) is 50.1. The molecule has 0 spiro atoms. The Morgan fingerprint density at radius 1 is 0.788 bits per heavy atom. The number of hydrogen-bond acceptors (Lipinski definition) is 7. The van der Waals surface area contributed by atoms with E-state index < -0.39 is 47.9 Å². The average Bonchev–Trinajstić information content (AvgIpc) is 2.80. The van der Waals surface area contributed by atoms with Crippen LogP contribution in [-0.2, 0) is 19.2 Å². The summed E-state index contributed by atoms with van der Waals surface area (Å²) in [6.45, 7) is 7.42. The van der Waals surface area contributed by atoms with Gasteiger partial charge in [-0.2, -0.15) is 23.5 Å². The van der Waals surface area contributed by atoms with Gasteiger partial charge in [0.15, 0.2) is 0 Å². The number of carboxylic acids is 1. The zero-order valence-corrected chi connectivity index (χ0v) is 22.3. The number of aliphatic carboxylic acids is 1. The summed E-state index contributed by atoms with van der Waals surface area (Å²) >= 11 is 3.06. The quantitative estimate of drug-likeness (QED) is 0.199. The Morgan fingerprint density at radius 2 is 1.21 bits per heavy atom. The van der Waals surface area contributed by atoms with Crippen LogP contribution in [0.3, 0.4) is 0 Å². The van der Waals surface area contributed by atoms with Crippen molar-refractivity contribution in [3.63, 3.8) is 0 Å². The van der Waals surface area contributed by atoms with Crippen LogP contribution in [0.5, 0.6) is 0 Å². The number of amides is 3. The number of hydrogen-bond donors (Lipinski definition) is 5. The molecule has 0 saturated carbocycles. The first-order valence-corrected chi connectivity index (χ1v) is 14.2. The van der Waals surface area contributed by atoms with E-state index in [4.69, 9.17) is 5.73 Å². The zero-order chi connectivity index (χ0) is 25.6. The smallest absolute Gasteiger partial charge is 0.326 e. The van der Waals surface area contributed by atoms with Gasteiger partial charge < -0.3 is 26.8 Å². The van der Waals surface area contributed by atoms with Crippen molar-refractivity contribution in [2.75, 3.05) is 24.0 Å². The molecule has 0 saturated heterocycles. The maximum Gasteiger partial charge on any atom is 0.326 e. The Bertz CT molecular complexity index is 638. The fraction of sp³-hybridized carbons (Fsp3) is 0.818. The predicted octanol–water partition coefficient (Wildman–Crippen LogP) is 1.45. The largest absolute Gasteiger partial charge is 0.480 e. The standard InChI is InChI=1S/C22H42N4O5S2/c1-7-13(3)17(23)21(29)25-15(9-11-32-5)19(27)24-16(10-12-33-6)20(28)26-18(22(30)31)14(4)8-2/h13-18H,7-12,23H2,1-6H3,(H,24,27)(H,25,29)(H,26,28)(H,30,31). The molecule has 0 radical (unpaired) electrons. The van der Waals surface area contributed by atoms with E-state index in [1.165, 1.54) is 23.5 Å². The lowest BCUT2D eigenvalue weighted by Gasteiger charge is -2.27. The molecule has 0 aromatic rings. The molecule has 0 fully saturated rings. The van der Waals surface area contributed by atoms with Crippen LogP contribution in [0.15, 0.2) is 0 Å². The highest BCUT2D eigenvalue weighted by molar-refractivity contribution is 7.98. The van der Waals surface area contributed by atoms with Crippen LogP contribution < -0.4 is 21.7 Å². The lowest BCUT2D eigenvalue weighted by Crippen LogP contribution is -2.58. The highest BCUT2D eigenvalue weighted by Crippen LogP contribution is 2.11. The van der Waals surface area contributed by atoms with Crippen LogP contribution in [0.1, 0.15) is 53.4 Å². The first-order valence-electron chi connectivity index (χ1n) is 11.4. The van der Waals surface area contributed by atoms with Crippen LogP contribution >= 0.6 is 23.5 Å². The predicted molar refractivity (Wildman–Crippen MR) is 136 cm³/mol. The molecule has 11 heteroatoms. The van der Waals surface area contributed by atoms with E-state index in [2.05, 4.69) is 16.0 Å². The molecule has 6 N–H and O–H groups in total. The highest BCUT2D eigenvalue weighted by atomic mass is 32.2. The van der Waals surface area contributed by atoms with E-state index in [0.717, 1.165) is 6.42 Å². The molecule has 6 unspecified atom stereocenters. The number of carboxylic acid groups (broad SMARTS) is 1. The summed E-state index contributed by atoms with van der Waals surface area (Å²) in [6, 6.07) is -3.53. The molecule has 0 bridgehead atoms. The van der Waals surface area contributed by atoms with E-state index in [1.807, 2.05) is 33.3 Å². The normalized spacial score (nSPS) is 16.6. The van der Waals surface area contributed by atoms with Gasteiger partial charge in [0.2, 0.25) is 17.7 Å². The molecule has 0 aliphatic carbocycles. The number of carbonyl (C=O) groups is 4. The van der Waals surface area contributed by atoms with Gasteiger partial charge in [0.1, 0.15) is 18.1 Å². The highest BCUT2D eigenvalue weighted by Gasteiger charge is 2.32. The van der Waals surface area contributed by atoms with Crippen molar-refractivity contribution in [3.05, 3.63) is 0 Å². The van der Waals surface area contributed by atoms with E-state index in [9.17, 15) is 24.3 Å². The van der Waals surface area contributed by atoms with E-state index in [-0.39, 0.29) is 11.8 Å². The summed E-state index contributed by atoms with van der Waals surface area (Å²) in [6.07, 6.45) is 5.81. The van der Waals surface area contributed by atoms with Crippen LogP contribution in [0.25, 0.3) is 0 Å². The lowest BCUT2D eigenvalue weighted by atomic mass is 9.98. The van der Waals surface area contributed by atoms with Gasteiger partial charge in [-0.1, -0.05) is 40.5 Å². The zero-order valence-electron chi connectivity index (χ0n) is 20.7. The van der Waals surface area contributed by atoms with Crippen molar-refractivity contribution in [2.45, 2.75) is 77.5 Å². The van der Waals surface area contributed by atoms with Crippen LogP contribution in [0.4, 0.5) is 0 Å². The van der Waals surface area contributed by atoms with E-state index in [1.54, 1.807) is 6.92 Å². The summed E-state index contributed by atoms with van der Waals surface area (Å²) in [5, 5.41) is 17.5. The first-order chi connectivity index (χ1) is 15.5. The van der Waals surface area contributed by atoms with Gasteiger partial charge in [0.25, 0.3) is 0 Å². The number of nitrogens with one attached hydrogen (secondary N) is 3. The van der Waals surface area contributed by atoms with Gasteiger partial charge in [0.05, 0.1) is 6.04 Å². The molecule has 0 aromatic carbocycles. The van der Waals surface area contributed by atoms with E-state index in [0.29, 0.717) is 30.8 Å². The lowest BCUT2D eigenvalue weighted by molar-refractivity contribution is -0.143. The average molecular weight is 507 g/mol. The molecule has 3 amide bonds. The van der Waals surface area contributed by atoms with Gasteiger partial charge in [-0.15, -0.1) is 0 Å². The van der Waals surface area contributed by atoms with Crippen LogP contribution in [0, 0.1) is 11.8 Å². The molecule has 0 rings (SSSR count). The van der Waals surface area contributed by atoms with E-state index >= 15 is 0 Å². The van der Waals surface area contributed by atoms with Crippen molar-refractivity contribution in [1.82, 2.24) is 16.0 Å². The third kappa shape index (κ3) is 11.5. The minimum Gasteiger partial charge on any atom is -0.480 e. The minimum atomic E-state index is -1.11. The number of thioether (sulfide) groups is 2. The number of nitrogens with two attached hydrogens (primary N) is 1. The van der Waals surface area contributed by atoms with Gasteiger partial charge in [0, 0.05) is 0 Å². The molecule has 192 valence electrons. The Balaban J connectivity index is 5.49. The van der Waals surface area contributed by atoms with Gasteiger partial charge in [-0.3, -0.25) is 14.4 Å². The summed E-state index contributed by atoms with van der Waals surface area (Å²) < 4.78 is 0. The molecule has 33 heavy (non-hydrogen) atoms. The van der Waals surface area contributed by atoms with Gasteiger partial charge >= 0.3 is 5.97 Å². The molecule has 9 nitrogen and oxygen atoms in total. The first kappa shape index (κ1) is 31.5. The second-order valence-corrected chi connectivity index (χ2v) is 10.3. The molecule has 0 heterocycles. The molecule has 6 atom stereocenters. The second-order valence-electron chi connectivity index (χ2n) is 8.31. The summed E-state index contributed by atoms with van der Waals surface area (Å²) in [7, 11) is 0. The monoisotopic (exact) mass is 506 g/mol. The van der Waals surface area contributed by atoms with Crippen molar-refractivity contribution < 1.29 is 24.3 Å². The van der Waals surface area contributed by atoms with Crippen LogP contribution in [-0.4, -0.2) is 77.0 Å². The molecular formula is C22H42N4O5S2. The third-order valence-corrected chi connectivity index (χ3v) is 7.11. The van der Waals surface area contributed by atoms with Crippen molar-refractivity contribution >= 4 is 47.2 Å². The second kappa shape index (κ2) is 17.0. The fourth-order valence-electron chi connectivity index (χ4n) is 3.00. The molecule has 0 aliphatic heterocycles. The Labute approximate surface area is 206 Å². The Kier molecular flexibility index (Phi) is 16.3. The maximum atomic E-state index is 13.1. The maximum absolute atomic E-state index is 13.1. The molecule has 0 aliphatic rings. The number of rotatable bonds is 17.